The van der Waals surface area contributed by atoms with Crippen LogP contribution in [-0.4, -0.2) is 26.7 Å². The fourth-order valence-electron chi connectivity index (χ4n) is 3.61. The van der Waals surface area contributed by atoms with Crippen LogP contribution in [-0.2, 0) is 13.1 Å². The molecule has 1 unspecified atom stereocenters. The minimum Gasteiger partial charge on any atom is -0.280 e. The Morgan fingerprint density at radius 2 is 1.96 bits per heavy atom. The number of H-pyrrole nitrogens is 1. The van der Waals surface area contributed by atoms with Gasteiger partial charge < -0.3 is 0 Å². The molecule has 0 fully saturated rings. The first-order valence-corrected chi connectivity index (χ1v) is 9.04. The third-order valence-electron chi connectivity index (χ3n) is 5.00. The molecule has 25 heavy (non-hydrogen) atoms. The Morgan fingerprint density at radius 3 is 2.76 bits per heavy atom. The summed E-state index contributed by atoms with van der Waals surface area (Å²) in [4.78, 5) is 6.88. The van der Waals surface area contributed by atoms with Crippen LogP contribution in [0.15, 0.2) is 48.5 Å². The minimum atomic E-state index is 0.434. The lowest BCUT2D eigenvalue weighted by atomic mass is 10.1. The molecule has 2 aromatic carbocycles. The number of aryl methyl sites for hydroxylation is 2. The van der Waals surface area contributed by atoms with E-state index in [1.807, 2.05) is 4.68 Å². The van der Waals surface area contributed by atoms with Crippen molar-refractivity contribution in [1.82, 2.24) is 19.7 Å². The van der Waals surface area contributed by atoms with Crippen LogP contribution in [0, 0.1) is 11.7 Å². The fraction of sp³-hybridized carbons (Fsp3) is 0.300. The Hall–Kier alpha value is -2.24. The van der Waals surface area contributed by atoms with Crippen molar-refractivity contribution in [1.29, 1.82) is 0 Å². The van der Waals surface area contributed by atoms with E-state index in [1.165, 1.54) is 16.7 Å². The highest BCUT2D eigenvalue weighted by atomic mass is 32.1. The summed E-state index contributed by atoms with van der Waals surface area (Å²) in [7, 11) is 2.15. The Kier molecular flexibility index (Phi) is 4.27. The van der Waals surface area contributed by atoms with E-state index in [0.29, 0.717) is 17.5 Å². The molecule has 1 N–H and O–H groups in total. The zero-order valence-electron chi connectivity index (χ0n) is 14.6. The predicted octanol–water partition coefficient (Wildman–Crippen LogP) is 4.49. The van der Waals surface area contributed by atoms with Gasteiger partial charge in [-0.15, -0.1) is 0 Å². The molecule has 1 aliphatic rings. The van der Waals surface area contributed by atoms with E-state index in [9.17, 15) is 0 Å². The number of fused-ring (bicyclic) bond motifs is 1. The average molecular weight is 350 g/mol. The Labute approximate surface area is 153 Å². The van der Waals surface area contributed by atoms with Crippen LogP contribution in [0.25, 0.3) is 11.4 Å². The number of rotatable bonds is 4. The number of benzene rings is 2. The SMILES string of the molecule is Cc1ccc(-c2nc(=S)n(CN(C)C3CCc4ccccc43)[nH]2)cc1. The molecule has 5 heteroatoms. The largest absolute Gasteiger partial charge is 0.280 e. The highest BCUT2D eigenvalue weighted by Crippen LogP contribution is 2.34. The first-order chi connectivity index (χ1) is 12.1. The molecular weight excluding hydrogens is 328 g/mol. The van der Waals surface area contributed by atoms with Gasteiger partial charge in [0.05, 0.1) is 6.67 Å². The maximum Gasteiger partial charge on any atom is 0.217 e. The van der Waals surface area contributed by atoms with Gasteiger partial charge in [0.2, 0.25) is 4.77 Å². The molecule has 4 rings (SSSR count). The molecule has 0 radical (unpaired) electrons. The van der Waals surface area contributed by atoms with Gasteiger partial charge in [-0.3, -0.25) is 10.00 Å². The van der Waals surface area contributed by atoms with Crippen LogP contribution < -0.4 is 0 Å². The van der Waals surface area contributed by atoms with E-state index in [1.54, 1.807) is 0 Å². The molecule has 4 nitrogen and oxygen atoms in total. The summed E-state index contributed by atoms with van der Waals surface area (Å²) in [5.41, 5.74) is 5.20. The lowest BCUT2D eigenvalue weighted by molar-refractivity contribution is 0.182. The van der Waals surface area contributed by atoms with Gasteiger partial charge in [0.15, 0.2) is 5.82 Å². The second kappa shape index (κ2) is 6.58. The summed E-state index contributed by atoms with van der Waals surface area (Å²) in [5, 5.41) is 3.36. The van der Waals surface area contributed by atoms with Gasteiger partial charge in [-0.05, 0) is 50.2 Å². The van der Waals surface area contributed by atoms with Crippen molar-refractivity contribution in [2.75, 3.05) is 7.05 Å². The van der Waals surface area contributed by atoms with Crippen LogP contribution in [0.4, 0.5) is 0 Å². The molecule has 1 aliphatic carbocycles. The monoisotopic (exact) mass is 350 g/mol. The van der Waals surface area contributed by atoms with Crippen molar-refractivity contribution >= 4 is 12.2 Å². The lowest BCUT2D eigenvalue weighted by Gasteiger charge is -2.25. The Morgan fingerprint density at radius 1 is 1.20 bits per heavy atom. The smallest absolute Gasteiger partial charge is 0.217 e. The molecule has 0 aliphatic heterocycles. The van der Waals surface area contributed by atoms with Crippen LogP contribution in [0.3, 0.4) is 0 Å². The molecule has 1 aromatic heterocycles. The van der Waals surface area contributed by atoms with Crippen LogP contribution in [0.5, 0.6) is 0 Å². The molecule has 128 valence electrons. The quantitative estimate of drug-likeness (QED) is 0.704. The number of hydrogen-bond donors (Lipinski definition) is 1. The van der Waals surface area contributed by atoms with Gasteiger partial charge in [0.1, 0.15) is 0 Å². The second-order valence-electron chi connectivity index (χ2n) is 6.80. The predicted molar refractivity (Wildman–Crippen MR) is 103 cm³/mol. The molecule has 0 saturated carbocycles. The summed E-state index contributed by atoms with van der Waals surface area (Å²) in [5.74, 6) is 0.824. The van der Waals surface area contributed by atoms with Gasteiger partial charge >= 0.3 is 0 Å². The van der Waals surface area contributed by atoms with Crippen molar-refractivity contribution < 1.29 is 0 Å². The summed E-state index contributed by atoms with van der Waals surface area (Å²) in [6.45, 7) is 2.79. The van der Waals surface area contributed by atoms with E-state index in [2.05, 4.69) is 77.5 Å². The minimum absolute atomic E-state index is 0.434. The summed E-state index contributed by atoms with van der Waals surface area (Å²) in [6.07, 6.45) is 2.30. The van der Waals surface area contributed by atoms with Crippen molar-refractivity contribution in [2.45, 2.75) is 32.5 Å². The molecule has 1 heterocycles. The van der Waals surface area contributed by atoms with Crippen molar-refractivity contribution in [3.63, 3.8) is 0 Å². The summed E-state index contributed by atoms with van der Waals surface area (Å²) >= 11 is 5.46. The van der Waals surface area contributed by atoms with Crippen LogP contribution >= 0.6 is 12.2 Å². The van der Waals surface area contributed by atoms with Crippen molar-refractivity contribution in [2.24, 2.45) is 0 Å². The van der Waals surface area contributed by atoms with Gasteiger partial charge in [0, 0.05) is 11.6 Å². The van der Waals surface area contributed by atoms with Gasteiger partial charge in [-0.2, -0.15) is 4.98 Å². The number of hydrogen-bond acceptors (Lipinski definition) is 3. The molecule has 0 saturated heterocycles. The fourth-order valence-corrected chi connectivity index (χ4v) is 3.80. The first-order valence-electron chi connectivity index (χ1n) is 8.64. The molecule has 0 amide bonds. The van der Waals surface area contributed by atoms with Crippen molar-refractivity contribution in [3.05, 3.63) is 70.0 Å². The van der Waals surface area contributed by atoms with Gasteiger partial charge in [0.25, 0.3) is 0 Å². The highest BCUT2D eigenvalue weighted by molar-refractivity contribution is 7.71. The van der Waals surface area contributed by atoms with Gasteiger partial charge in [-0.1, -0.05) is 54.1 Å². The maximum absolute atomic E-state index is 5.46. The van der Waals surface area contributed by atoms with E-state index in [0.717, 1.165) is 24.2 Å². The van der Waals surface area contributed by atoms with Gasteiger partial charge in [-0.25, -0.2) is 4.68 Å². The van der Waals surface area contributed by atoms with E-state index in [-0.39, 0.29) is 0 Å². The molecule has 0 spiro atoms. The first kappa shape index (κ1) is 16.2. The van der Waals surface area contributed by atoms with Crippen LogP contribution in [0.1, 0.15) is 29.2 Å². The van der Waals surface area contributed by atoms with Crippen molar-refractivity contribution in [3.8, 4) is 11.4 Å². The molecular formula is C20H22N4S. The highest BCUT2D eigenvalue weighted by Gasteiger charge is 2.25. The lowest BCUT2D eigenvalue weighted by Crippen LogP contribution is -2.26. The third-order valence-corrected chi connectivity index (χ3v) is 5.31. The summed E-state index contributed by atoms with van der Waals surface area (Å²) < 4.78 is 2.54. The maximum atomic E-state index is 5.46. The Bertz CT molecular complexity index is 939. The number of nitrogens with one attached hydrogen (secondary N) is 1. The number of nitrogens with zero attached hydrogens (tertiary/aromatic N) is 3. The summed E-state index contributed by atoms with van der Waals surface area (Å²) in [6, 6.07) is 17.5. The topological polar surface area (TPSA) is 36.9 Å². The van der Waals surface area contributed by atoms with E-state index < -0.39 is 0 Å². The Balaban J connectivity index is 1.55. The van der Waals surface area contributed by atoms with E-state index >= 15 is 0 Å². The third kappa shape index (κ3) is 3.17. The molecule has 3 aromatic rings. The number of aromatic nitrogens is 3. The average Bonchev–Trinajstić information content (AvgIpc) is 3.20. The zero-order valence-corrected chi connectivity index (χ0v) is 15.4. The van der Waals surface area contributed by atoms with E-state index in [4.69, 9.17) is 12.2 Å². The zero-order chi connectivity index (χ0) is 17.4. The molecule has 0 bridgehead atoms. The normalized spacial score (nSPS) is 16.4. The second-order valence-corrected chi connectivity index (χ2v) is 7.17. The number of aromatic amines is 1. The molecule has 1 atom stereocenters. The standard InChI is InChI=1S/C20H22N4S/c1-14-7-9-16(10-8-14)19-21-20(25)24(22-19)13-23(2)18-12-11-15-5-3-4-6-17(15)18/h3-10,18H,11-13H2,1-2H3,(H,21,22,25). The van der Waals surface area contributed by atoms with Crippen LogP contribution in [0.2, 0.25) is 0 Å².